The van der Waals surface area contributed by atoms with E-state index in [1.165, 1.54) is 0 Å². The summed E-state index contributed by atoms with van der Waals surface area (Å²) in [6.07, 6.45) is 2.96. The van der Waals surface area contributed by atoms with Gasteiger partial charge in [-0.05, 0) is 26.7 Å². The van der Waals surface area contributed by atoms with Crippen molar-refractivity contribution in [1.29, 1.82) is 0 Å². The molecule has 5 heteroatoms. The van der Waals surface area contributed by atoms with Crippen LogP contribution in [0.1, 0.15) is 39.3 Å². The van der Waals surface area contributed by atoms with Crippen molar-refractivity contribution in [2.45, 2.75) is 46.1 Å². The number of H-pyrrole nitrogens is 1. The first-order valence-corrected chi connectivity index (χ1v) is 6.57. The molecular weight excluding hydrogens is 230 g/mol. The summed E-state index contributed by atoms with van der Waals surface area (Å²) in [7, 11) is 0. The Bertz CT molecular complexity index is 401. The van der Waals surface area contributed by atoms with Crippen LogP contribution in [0.4, 0.5) is 5.95 Å². The van der Waals surface area contributed by atoms with E-state index < -0.39 is 0 Å². The number of aryl methyl sites for hydroxylation is 1. The summed E-state index contributed by atoms with van der Waals surface area (Å²) < 4.78 is 5.43. The third-order valence-electron chi connectivity index (χ3n) is 2.37. The molecule has 1 rings (SSSR count). The van der Waals surface area contributed by atoms with Crippen LogP contribution < -0.4 is 10.9 Å². The van der Waals surface area contributed by atoms with Gasteiger partial charge in [-0.2, -0.15) is 0 Å². The second-order valence-electron chi connectivity index (χ2n) is 4.54. The van der Waals surface area contributed by atoms with E-state index in [2.05, 4.69) is 22.2 Å². The summed E-state index contributed by atoms with van der Waals surface area (Å²) in [6.45, 7) is 7.55. The molecule has 1 aromatic rings. The molecule has 0 spiro atoms. The number of hydrogen-bond donors (Lipinski definition) is 2. The third kappa shape index (κ3) is 5.82. The predicted molar refractivity (Wildman–Crippen MR) is 73.0 cm³/mol. The van der Waals surface area contributed by atoms with Crippen LogP contribution >= 0.6 is 0 Å². The van der Waals surface area contributed by atoms with Crippen LogP contribution in [-0.2, 0) is 11.2 Å². The molecule has 0 aromatic carbocycles. The number of rotatable bonds is 8. The second kappa shape index (κ2) is 7.87. The quantitative estimate of drug-likeness (QED) is 0.695. The fourth-order valence-corrected chi connectivity index (χ4v) is 1.57. The van der Waals surface area contributed by atoms with E-state index in [1.54, 1.807) is 6.07 Å². The van der Waals surface area contributed by atoms with Gasteiger partial charge in [-0.1, -0.05) is 13.3 Å². The Morgan fingerprint density at radius 2 is 2.28 bits per heavy atom. The summed E-state index contributed by atoms with van der Waals surface area (Å²) in [5.74, 6) is 0.551. The Kier molecular flexibility index (Phi) is 6.43. The molecule has 2 N–H and O–H groups in total. The molecule has 0 aliphatic rings. The van der Waals surface area contributed by atoms with Crippen molar-refractivity contribution in [3.05, 3.63) is 22.1 Å². The normalized spacial score (nSPS) is 10.9. The zero-order chi connectivity index (χ0) is 13.4. The SMILES string of the molecule is CCCc1cc(=O)[nH]c(NCCCOC(C)C)n1. The van der Waals surface area contributed by atoms with Gasteiger partial charge in [0.1, 0.15) is 0 Å². The van der Waals surface area contributed by atoms with Gasteiger partial charge in [0.2, 0.25) is 5.95 Å². The highest BCUT2D eigenvalue weighted by molar-refractivity contribution is 5.24. The number of ether oxygens (including phenoxy) is 1. The molecule has 0 bridgehead atoms. The second-order valence-corrected chi connectivity index (χ2v) is 4.54. The number of anilines is 1. The lowest BCUT2D eigenvalue weighted by Crippen LogP contribution is -2.16. The first-order chi connectivity index (χ1) is 8.61. The van der Waals surface area contributed by atoms with E-state index >= 15 is 0 Å². The number of aromatic nitrogens is 2. The molecule has 102 valence electrons. The van der Waals surface area contributed by atoms with Gasteiger partial charge < -0.3 is 10.1 Å². The third-order valence-corrected chi connectivity index (χ3v) is 2.37. The predicted octanol–water partition coefficient (Wildman–Crippen LogP) is 1.95. The largest absolute Gasteiger partial charge is 0.379 e. The molecule has 1 aromatic heterocycles. The van der Waals surface area contributed by atoms with Crippen LogP contribution in [0.25, 0.3) is 0 Å². The maximum atomic E-state index is 11.4. The molecule has 0 saturated heterocycles. The van der Waals surface area contributed by atoms with Crippen LogP contribution in [0.3, 0.4) is 0 Å². The molecule has 0 radical (unpaired) electrons. The molecule has 0 amide bonds. The van der Waals surface area contributed by atoms with Crippen LogP contribution in [0.5, 0.6) is 0 Å². The van der Waals surface area contributed by atoms with E-state index in [-0.39, 0.29) is 11.7 Å². The van der Waals surface area contributed by atoms with Crippen molar-refractivity contribution >= 4 is 5.95 Å². The van der Waals surface area contributed by atoms with Crippen molar-refractivity contribution in [1.82, 2.24) is 9.97 Å². The highest BCUT2D eigenvalue weighted by Crippen LogP contribution is 2.00. The molecule has 0 atom stereocenters. The average Bonchev–Trinajstić information content (AvgIpc) is 2.28. The molecule has 1 heterocycles. The maximum Gasteiger partial charge on any atom is 0.252 e. The Labute approximate surface area is 108 Å². The van der Waals surface area contributed by atoms with E-state index in [0.717, 1.165) is 31.5 Å². The van der Waals surface area contributed by atoms with E-state index in [4.69, 9.17) is 4.74 Å². The molecule has 0 saturated carbocycles. The Morgan fingerprint density at radius 3 is 2.94 bits per heavy atom. The van der Waals surface area contributed by atoms with Crippen molar-refractivity contribution in [3.63, 3.8) is 0 Å². The van der Waals surface area contributed by atoms with Crippen molar-refractivity contribution < 1.29 is 4.74 Å². The van der Waals surface area contributed by atoms with Crippen molar-refractivity contribution in [3.8, 4) is 0 Å². The lowest BCUT2D eigenvalue weighted by Gasteiger charge is -2.09. The molecule has 5 nitrogen and oxygen atoms in total. The van der Waals surface area contributed by atoms with Gasteiger partial charge in [-0.25, -0.2) is 4.98 Å². The highest BCUT2D eigenvalue weighted by atomic mass is 16.5. The van der Waals surface area contributed by atoms with Gasteiger partial charge in [0.25, 0.3) is 5.56 Å². The Balaban J connectivity index is 2.39. The fraction of sp³-hybridized carbons (Fsp3) is 0.692. The lowest BCUT2D eigenvalue weighted by atomic mass is 10.2. The van der Waals surface area contributed by atoms with Crippen molar-refractivity contribution in [2.24, 2.45) is 0 Å². The minimum Gasteiger partial charge on any atom is -0.379 e. The minimum atomic E-state index is -0.102. The summed E-state index contributed by atoms with van der Waals surface area (Å²) in [6, 6.07) is 1.55. The highest BCUT2D eigenvalue weighted by Gasteiger charge is 2.00. The Morgan fingerprint density at radius 1 is 1.50 bits per heavy atom. The maximum absolute atomic E-state index is 11.4. The summed E-state index contributed by atoms with van der Waals surface area (Å²) in [5.41, 5.74) is 0.733. The van der Waals surface area contributed by atoms with Gasteiger partial charge in [0.05, 0.1) is 6.10 Å². The van der Waals surface area contributed by atoms with Crippen LogP contribution in [0.15, 0.2) is 10.9 Å². The zero-order valence-corrected chi connectivity index (χ0v) is 11.5. The molecule has 0 aliphatic heterocycles. The first-order valence-electron chi connectivity index (χ1n) is 6.57. The van der Waals surface area contributed by atoms with Crippen LogP contribution in [0.2, 0.25) is 0 Å². The van der Waals surface area contributed by atoms with Crippen LogP contribution in [0, 0.1) is 0 Å². The van der Waals surface area contributed by atoms with E-state index in [0.29, 0.717) is 12.6 Å². The van der Waals surface area contributed by atoms with Crippen molar-refractivity contribution in [2.75, 3.05) is 18.5 Å². The van der Waals surface area contributed by atoms with Crippen LogP contribution in [-0.4, -0.2) is 29.2 Å². The molecule has 18 heavy (non-hydrogen) atoms. The zero-order valence-electron chi connectivity index (χ0n) is 11.5. The number of hydrogen-bond acceptors (Lipinski definition) is 4. The monoisotopic (exact) mass is 253 g/mol. The van der Waals surface area contributed by atoms with Gasteiger partial charge in [-0.15, -0.1) is 0 Å². The smallest absolute Gasteiger partial charge is 0.252 e. The number of nitrogens with zero attached hydrogens (tertiary/aromatic N) is 1. The fourth-order valence-electron chi connectivity index (χ4n) is 1.57. The minimum absolute atomic E-state index is 0.102. The summed E-state index contributed by atoms with van der Waals surface area (Å²) >= 11 is 0. The van der Waals surface area contributed by atoms with Gasteiger partial charge in [0, 0.05) is 24.9 Å². The number of aromatic amines is 1. The average molecular weight is 253 g/mol. The van der Waals surface area contributed by atoms with E-state index in [1.807, 2.05) is 13.8 Å². The molecule has 0 unspecified atom stereocenters. The molecule has 0 aliphatic carbocycles. The molecule has 0 fully saturated rings. The van der Waals surface area contributed by atoms with E-state index in [9.17, 15) is 4.79 Å². The van der Waals surface area contributed by atoms with Gasteiger partial charge in [0.15, 0.2) is 0 Å². The Hall–Kier alpha value is -1.36. The first kappa shape index (κ1) is 14.7. The van der Waals surface area contributed by atoms with Gasteiger partial charge >= 0.3 is 0 Å². The lowest BCUT2D eigenvalue weighted by molar-refractivity contribution is 0.0787. The molecular formula is C13H23N3O2. The summed E-state index contributed by atoms with van der Waals surface area (Å²) in [5, 5.41) is 3.11. The summed E-state index contributed by atoms with van der Waals surface area (Å²) in [4.78, 5) is 18.4. The number of nitrogens with one attached hydrogen (secondary N) is 2. The topological polar surface area (TPSA) is 67.0 Å². The van der Waals surface area contributed by atoms with Gasteiger partial charge in [-0.3, -0.25) is 9.78 Å². The standard InChI is InChI=1S/C13H23N3O2/c1-4-6-11-9-12(17)16-13(15-11)14-7-5-8-18-10(2)3/h9-10H,4-8H2,1-3H3,(H2,14,15,16,17).